The van der Waals surface area contributed by atoms with Crippen molar-refractivity contribution in [2.75, 3.05) is 11.9 Å². The van der Waals surface area contributed by atoms with E-state index in [1.165, 1.54) is 5.56 Å². The highest BCUT2D eigenvalue weighted by atomic mass is 16.1. The van der Waals surface area contributed by atoms with Crippen LogP contribution in [0.3, 0.4) is 0 Å². The first kappa shape index (κ1) is 10.2. The summed E-state index contributed by atoms with van der Waals surface area (Å²) in [4.78, 5) is 11.7. The molecule has 0 aliphatic carbocycles. The van der Waals surface area contributed by atoms with E-state index >= 15 is 0 Å². The Hall–Kier alpha value is -1.35. The van der Waals surface area contributed by atoms with Crippen LogP contribution in [0.2, 0.25) is 0 Å². The van der Waals surface area contributed by atoms with E-state index in [0.29, 0.717) is 6.54 Å². The molecule has 1 heterocycles. The van der Waals surface area contributed by atoms with Gasteiger partial charge < -0.3 is 11.1 Å². The average molecular weight is 204 g/mol. The Labute approximate surface area is 89.7 Å². The van der Waals surface area contributed by atoms with Crippen LogP contribution in [0.15, 0.2) is 24.3 Å². The van der Waals surface area contributed by atoms with Crippen LogP contribution in [-0.2, 0) is 11.2 Å². The molecule has 0 bridgehead atoms. The Balaban J connectivity index is 2.11. The van der Waals surface area contributed by atoms with Crippen LogP contribution in [-0.4, -0.2) is 12.5 Å². The van der Waals surface area contributed by atoms with Gasteiger partial charge in [0.1, 0.15) is 0 Å². The van der Waals surface area contributed by atoms with Crippen molar-refractivity contribution in [3.8, 4) is 0 Å². The predicted molar refractivity (Wildman–Crippen MR) is 60.6 cm³/mol. The van der Waals surface area contributed by atoms with Crippen LogP contribution < -0.4 is 11.1 Å². The lowest BCUT2D eigenvalue weighted by Gasteiger charge is -2.24. The predicted octanol–water partition coefficient (Wildman–Crippen LogP) is 1.54. The van der Waals surface area contributed by atoms with E-state index in [-0.39, 0.29) is 11.8 Å². The molecule has 1 aromatic rings. The molecule has 0 saturated heterocycles. The molecule has 1 aliphatic rings. The highest BCUT2D eigenvalue weighted by molar-refractivity contribution is 5.95. The SMILES string of the molecule is NCCCC1Cc2ccccc2NC1=O. The van der Waals surface area contributed by atoms with Gasteiger partial charge in [0.2, 0.25) is 5.91 Å². The molecule has 3 nitrogen and oxygen atoms in total. The number of para-hydroxylation sites is 1. The summed E-state index contributed by atoms with van der Waals surface area (Å²) in [6, 6.07) is 7.98. The average Bonchev–Trinajstić information content (AvgIpc) is 2.26. The summed E-state index contributed by atoms with van der Waals surface area (Å²) in [6.45, 7) is 0.658. The van der Waals surface area contributed by atoms with Gasteiger partial charge in [-0.1, -0.05) is 18.2 Å². The number of benzene rings is 1. The van der Waals surface area contributed by atoms with Crippen molar-refractivity contribution in [3.63, 3.8) is 0 Å². The van der Waals surface area contributed by atoms with Crippen LogP contribution >= 0.6 is 0 Å². The fourth-order valence-electron chi connectivity index (χ4n) is 2.01. The maximum Gasteiger partial charge on any atom is 0.227 e. The fourth-order valence-corrected chi connectivity index (χ4v) is 2.01. The van der Waals surface area contributed by atoms with E-state index in [9.17, 15) is 4.79 Å². The molecule has 0 saturated carbocycles. The van der Waals surface area contributed by atoms with Gasteiger partial charge in [0.05, 0.1) is 0 Å². The molecule has 1 aliphatic heterocycles. The van der Waals surface area contributed by atoms with Crippen molar-refractivity contribution in [1.82, 2.24) is 0 Å². The summed E-state index contributed by atoms with van der Waals surface area (Å²) in [5.74, 6) is 0.241. The number of carbonyl (C=O) groups excluding carboxylic acids is 1. The lowest BCUT2D eigenvalue weighted by atomic mass is 9.90. The Morgan fingerprint density at radius 3 is 3.00 bits per heavy atom. The molecule has 3 heteroatoms. The number of anilines is 1. The molecule has 0 radical (unpaired) electrons. The number of hydrogen-bond donors (Lipinski definition) is 2. The van der Waals surface area contributed by atoms with Crippen molar-refractivity contribution in [3.05, 3.63) is 29.8 Å². The number of nitrogens with one attached hydrogen (secondary N) is 1. The monoisotopic (exact) mass is 204 g/mol. The summed E-state index contributed by atoms with van der Waals surface area (Å²) in [7, 11) is 0. The molecule has 0 aromatic heterocycles. The third-order valence-electron chi connectivity index (χ3n) is 2.87. The van der Waals surface area contributed by atoms with Crippen molar-refractivity contribution in [2.24, 2.45) is 11.7 Å². The zero-order valence-electron chi connectivity index (χ0n) is 8.70. The Kier molecular flexibility index (Phi) is 3.02. The molecule has 1 unspecified atom stereocenters. The summed E-state index contributed by atoms with van der Waals surface area (Å²) in [6.07, 6.45) is 2.65. The Bertz CT molecular complexity index is 362. The first-order valence-corrected chi connectivity index (χ1v) is 5.40. The number of carbonyl (C=O) groups is 1. The maximum atomic E-state index is 11.7. The number of amides is 1. The van der Waals surface area contributed by atoms with Gasteiger partial charge in [-0.05, 0) is 37.4 Å². The van der Waals surface area contributed by atoms with E-state index in [4.69, 9.17) is 5.73 Å². The number of hydrogen-bond acceptors (Lipinski definition) is 2. The molecule has 0 spiro atoms. The van der Waals surface area contributed by atoms with Gasteiger partial charge in [0.25, 0.3) is 0 Å². The molecule has 2 rings (SSSR count). The second-order valence-corrected chi connectivity index (χ2v) is 3.98. The van der Waals surface area contributed by atoms with Crippen LogP contribution in [0.5, 0.6) is 0 Å². The lowest BCUT2D eigenvalue weighted by molar-refractivity contribution is -0.120. The molecule has 1 aromatic carbocycles. The third kappa shape index (κ3) is 2.18. The molecular formula is C12H16N2O. The minimum atomic E-state index is 0.100. The molecule has 80 valence electrons. The highest BCUT2D eigenvalue weighted by Gasteiger charge is 2.24. The number of nitrogens with two attached hydrogens (primary N) is 1. The van der Waals surface area contributed by atoms with E-state index < -0.39 is 0 Å². The third-order valence-corrected chi connectivity index (χ3v) is 2.87. The minimum absolute atomic E-state index is 0.100. The van der Waals surface area contributed by atoms with E-state index in [0.717, 1.165) is 24.9 Å². The largest absolute Gasteiger partial charge is 0.330 e. The zero-order chi connectivity index (χ0) is 10.7. The number of fused-ring (bicyclic) bond motifs is 1. The van der Waals surface area contributed by atoms with Gasteiger partial charge in [-0.25, -0.2) is 0 Å². The topological polar surface area (TPSA) is 55.1 Å². The first-order chi connectivity index (χ1) is 7.31. The molecule has 1 atom stereocenters. The van der Waals surface area contributed by atoms with Gasteiger partial charge in [-0.15, -0.1) is 0 Å². The van der Waals surface area contributed by atoms with Crippen molar-refractivity contribution >= 4 is 11.6 Å². The quantitative estimate of drug-likeness (QED) is 0.784. The first-order valence-electron chi connectivity index (χ1n) is 5.40. The van der Waals surface area contributed by atoms with Crippen molar-refractivity contribution in [2.45, 2.75) is 19.3 Å². The van der Waals surface area contributed by atoms with Crippen molar-refractivity contribution in [1.29, 1.82) is 0 Å². The molecule has 1 amide bonds. The van der Waals surface area contributed by atoms with Gasteiger partial charge in [-0.2, -0.15) is 0 Å². The Morgan fingerprint density at radius 2 is 2.20 bits per heavy atom. The van der Waals surface area contributed by atoms with Crippen LogP contribution in [0.25, 0.3) is 0 Å². The lowest BCUT2D eigenvalue weighted by Crippen LogP contribution is -2.30. The molecular weight excluding hydrogens is 188 g/mol. The molecule has 3 N–H and O–H groups in total. The summed E-state index contributed by atoms with van der Waals surface area (Å²) in [5, 5.41) is 2.94. The molecule has 0 fully saturated rings. The smallest absolute Gasteiger partial charge is 0.227 e. The summed E-state index contributed by atoms with van der Waals surface area (Å²) >= 11 is 0. The van der Waals surface area contributed by atoms with Crippen LogP contribution in [0.4, 0.5) is 5.69 Å². The second kappa shape index (κ2) is 4.45. The van der Waals surface area contributed by atoms with E-state index in [1.807, 2.05) is 18.2 Å². The van der Waals surface area contributed by atoms with Gasteiger partial charge >= 0.3 is 0 Å². The normalized spacial score (nSPS) is 19.5. The highest BCUT2D eigenvalue weighted by Crippen LogP contribution is 2.27. The van der Waals surface area contributed by atoms with Gasteiger partial charge in [0.15, 0.2) is 0 Å². The van der Waals surface area contributed by atoms with E-state index in [1.54, 1.807) is 0 Å². The number of rotatable bonds is 3. The Morgan fingerprint density at radius 1 is 1.40 bits per heavy atom. The fraction of sp³-hybridized carbons (Fsp3) is 0.417. The van der Waals surface area contributed by atoms with Gasteiger partial charge in [-0.3, -0.25) is 4.79 Å². The second-order valence-electron chi connectivity index (χ2n) is 3.98. The maximum absolute atomic E-state index is 11.7. The minimum Gasteiger partial charge on any atom is -0.330 e. The van der Waals surface area contributed by atoms with Gasteiger partial charge in [0, 0.05) is 11.6 Å². The van der Waals surface area contributed by atoms with Crippen LogP contribution in [0.1, 0.15) is 18.4 Å². The standard InChI is InChI=1S/C12H16N2O/c13-7-3-5-10-8-9-4-1-2-6-11(9)14-12(10)15/h1-2,4,6,10H,3,5,7-8,13H2,(H,14,15). The zero-order valence-corrected chi connectivity index (χ0v) is 8.70. The summed E-state index contributed by atoms with van der Waals surface area (Å²) < 4.78 is 0. The van der Waals surface area contributed by atoms with Crippen molar-refractivity contribution < 1.29 is 4.79 Å². The summed E-state index contributed by atoms with van der Waals surface area (Å²) in [5.41, 5.74) is 7.65. The molecule has 15 heavy (non-hydrogen) atoms. The van der Waals surface area contributed by atoms with E-state index in [2.05, 4.69) is 11.4 Å². The van der Waals surface area contributed by atoms with Crippen LogP contribution in [0, 0.1) is 5.92 Å².